The highest BCUT2D eigenvalue weighted by molar-refractivity contribution is 7.20. The standard InChI is InChI=1S/C22H18N4O3S/c1-13-20-17(11-19(27)25(13)12-14-7-9-15(29-2)10-8-14)24-26(21(20)28)22-23-16-5-3-4-6-18(16)30-22/h3-11,27H,12H2,1-2H3/p-1. The van der Waals surface area contributed by atoms with Crippen LogP contribution in [0.5, 0.6) is 11.6 Å². The predicted octanol–water partition coefficient (Wildman–Crippen LogP) is 3.19. The molecule has 0 unspecified atom stereocenters. The fourth-order valence-corrected chi connectivity index (χ4v) is 4.46. The molecule has 0 atom stereocenters. The minimum Gasteiger partial charge on any atom is -0.860 e. The highest BCUT2D eigenvalue weighted by Crippen LogP contribution is 2.29. The molecule has 0 bridgehead atoms. The first-order chi connectivity index (χ1) is 14.5. The van der Waals surface area contributed by atoms with E-state index in [4.69, 9.17) is 4.74 Å². The van der Waals surface area contributed by atoms with Crippen LogP contribution >= 0.6 is 11.3 Å². The number of benzene rings is 2. The number of nitrogens with zero attached hydrogens (tertiary/aromatic N) is 4. The molecule has 0 saturated heterocycles. The van der Waals surface area contributed by atoms with E-state index in [9.17, 15) is 9.90 Å². The minimum atomic E-state index is -0.273. The van der Waals surface area contributed by atoms with Crippen molar-refractivity contribution in [3.8, 4) is 28.0 Å². The zero-order valence-electron chi connectivity index (χ0n) is 16.3. The Labute approximate surface area is 175 Å². The number of aromatic nitrogens is 4. The van der Waals surface area contributed by atoms with Gasteiger partial charge in [-0.25, -0.2) is 4.98 Å². The second kappa shape index (κ2) is 7.00. The number of pyridine rings is 1. The van der Waals surface area contributed by atoms with Gasteiger partial charge in [-0.3, -0.25) is 4.79 Å². The molecule has 150 valence electrons. The van der Waals surface area contributed by atoms with Gasteiger partial charge >= 0.3 is 0 Å². The van der Waals surface area contributed by atoms with Crippen molar-refractivity contribution in [3.63, 3.8) is 0 Å². The third kappa shape index (κ3) is 2.93. The summed E-state index contributed by atoms with van der Waals surface area (Å²) in [5, 5.41) is 17.6. The van der Waals surface area contributed by atoms with Crippen LogP contribution in [0.2, 0.25) is 0 Å². The van der Waals surface area contributed by atoms with Crippen LogP contribution in [0.3, 0.4) is 0 Å². The maximum absolute atomic E-state index is 13.2. The number of rotatable bonds is 4. The summed E-state index contributed by atoms with van der Waals surface area (Å²) in [6.07, 6.45) is 0. The van der Waals surface area contributed by atoms with Gasteiger partial charge in [0.2, 0.25) is 5.13 Å². The number of hydrogen-bond acceptors (Lipinski definition) is 6. The molecular weight excluding hydrogens is 400 g/mol. The van der Waals surface area contributed by atoms with Crippen LogP contribution < -0.4 is 15.4 Å². The molecule has 2 aromatic carbocycles. The van der Waals surface area contributed by atoms with Crippen LogP contribution in [0.1, 0.15) is 11.3 Å². The first-order valence-corrected chi connectivity index (χ1v) is 10.2. The number of methoxy groups -OCH3 is 1. The lowest BCUT2D eigenvalue weighted by Gasteiger charge is -2.22. The lowest BCUT2D eigenvalue weighted by molar-refractivity contribution is -0.279. The van der Waals surface area contributed by atoms with Crippen LogP contribution in [0.4, 0.5) is 0 Å². The van der Waals surface area contributed by atoms with E-state index in [-0.39, 0.29) is 11.4 Å². The summed E-state index contributed by atoms with van der Waals surface area (Å²) in [6.45, 7) is 2.13. The molecule has 0 aliphatic carbocycles. The van der Waals surface area contributed by atoms with Crippen LogP contribution in [-0.4, -0.2) is 26.4 Å². The van der Waals surface area contributed by atoms with E-state index in [1.807, 2.05) is 48.5 Å². The molecule has 0 fully saturated rings. The van der Waals surface area contributed by atoms with E-state index in [1.165, 1.54) is 22.1 Å². The molecule has 8 heteroatoms. The van der Waals surface area contributed by atoms with Crippen molar-refractivity contribution >= 4 is 21.6 Å². The molecule has 2 aliphatic heterocycles. The number of thiazole rings is 1. The van der Waals surface area contributed by atoms with Crippen LogP contribution in [-0.2, 0) is 6.54 Å². The van der Waals surface area contributed by atoms with E-state index in [2.05, 4.69) is 10.1 Å². The molecule has 0 radical (unpaired) electrons. The molecule has 0 amide bonds. The molecule has 0 saturated carbocycles. The summed E-state index contributed by atoms with van der Waals surface area (Å²) < 4.78 is 9.04. The second-order valence-electron chi connectivity index (χ2n) is 6.94. The van der Waals surface area contributed by atoms with Crippen molar-refractivity contribution in [2.45, 2.75) is 13.5 Å². The largest absolute Gasteiger partial charge is 0.860 e. The predicted molar refractivity (Wildman–Crippen MR) is 114 cm³/mol. The van der Waals surface area contributed by atoms with Crippen molar-refractivity contribution in [2.24, 2.45) is 0 Å². The molecule has 0 N–H and O–H groups in total. The molecule has 2 aliphatic rings. The Morgan fingerprint density at radius 3 is 2.63 bits per heavy atom. The lowest BCUT2D eigenvalue weighted by Crippen LogP contribution is -2.18. The minimum absolute atomic E-state index is 0.204. The first-order valence-electron chi connectivity index (χ1n) is 9.34. The highest BCUT2D eigenvalue weighted by Gasteiger charge is 2.22. The van der Waals surface area contributed by atoms with Gasteiger partial charge in [-0.05, 0) is 48.7 Å². The smallest absolute Gasteiger partial charge is 0.284 e. The summed E-state index contributed by atoms with van der Waals surface area (Å²) in [6, 6.07) is 16.6. The second-order valence-corrected chi connectivity index (χ2v) is 7.95. The first kappa shape index (κ1) is 18.4. The van der Waals surface area contributed by atoms with Crippen LogP contribution in [0.15, 0.2) is 59.4 Å². The summed E-state index contributed by atoms with van der Waals surface area (Å²) in [5.74, 6) is 0.544. The number of ether oxygens (including phenoxy) is 1. The number of fused-ring (bicyclic) bond motifs is 2. The number of hydrogen-bond donors (Lipinski definition) is 0. The molecule has 0 spiro atoms. The molecule has 5 rings (SSSR count). The monoisotopic (exact) mass is 417 g/mol. The Kier molecular flexibility index (Phi) is 4.29. The van der Waals surface area contributed by atoms with Gasteiger partial charge in [-0.1, -0.05) is 35.6 Å². The topological polar surface area (TPSA) is 85.0 Å². The van der Waals surface area contributed by atoms with Gasteiger partial charge in [0.15, 0.2) is 0 Å². The van der Waals surface area contributed by atoms with Gasteiger partial charge in [0.1, 0.15) is 5.75 Å². The van der Waals surface area contributed by atoms with Crippen molar-refractivity contribution in [1.82, 2.24) is 19.3 Å². The SMILES string of the molecule is COc1ccc(Cn2c([O-])cc3nn(-c4nc5ccccc5s4)c(=O)c-3c2C)cc1. The maximum atomic E-state index is 13.2. The molecule has 3 heterocycles. The van der Waals surface area contributed by atoms with Crippen molar-refractivity contribution < 1.29 is 9.84 Å². The van der Waals surface area contributed by atoms with Gasteiger partial charge in [0.25, 0.3) is 5.56 Å². The maximum Gasteiger partial charge on any atom is 0.284 e. The van der Waals surface area contributed by atoms with Crippen molar-refractivity contribution in [2.75, 3.05) is 7.11 Å². The average Bonchev–Trinajstić information content (AvgIpc) is 3.32. The highest BCUT2D eigenvalue weighted by atomic mass is 32.1. The summed E-state index contributed by atoms with van der Waals surface area (Å²) in [7, 11) is 1.61. The van der Waals surface area contributed by atoms with Gasteiger partial charge < -0.3 is 14.4 Å². The molecule has 7 nitrogen and oxygen atoms in total. The zero-order chi connectivity index (χ0) is 20.8. The summed E-state index contributed by atoms with van der Waals surface area (Å²) >= 11 is 1.39. The Balaban J connectivity index is 1.62. The van der Waals surface area contributed by atoms with Gasteiger partial charge in [0.05, 0.1) is 28.6 Å². The molecular formula is C22H17N4O3S-. The van der Waals surface area contributed by atoms with E-state index in [0.717, 1.165) is 21.5 Å². The van der Waals surface area contributed by atoms with Crippen LogP contribution in [0, 0.1) is 6.92 Å². The van der Waals surface area contributed by atoms with Crippen molar-refractivity contribution in [1.29, 1.82) is 0 Å². The third-order valence-corrected chi connectivity index (χ3v) is 6.14. The zero-order valence-corrected chi connectivity index (χ0v) is 17.1. The van der Waals surface area contributed by atoms with Gasteiger partial charge in [0, 0.05) is 12.2 Å². The van der Waals surface area contributed by atoms with Gasteiger partial charge in [-0.15, -0.1) is 0 Å². The molecule has 1 aromatic heterocycles. The normalized spacial score (nSPS) is 11.4. The fraction of sp³-hybridized carbons (Fsp3) is 0.136. The fourth-order valence-electron chi connectivity index (χ4n) is 3.55. The quantitative estimate of drug-likeness (QED) is 0.448. The number of para-hydroxylation sites is 1. The Bertz CT molecular complexity index is 1370. The Hall–Kier alpha value is -3.65. The molecule has 3 aromatic rings. The average molecular weight is 417 g/mol. The van der Waals surface area contributed by atoms with Crippen molar-refractivity contribution in [3.05, 3.63) is 76.2 Å². The third-order valence-electron chi connectivity index (χ3n) is 5.13. The van der Waals surface area contributed by atoms with Crippen LogP contribution in [0.25, 0.3) is 26.6 Å². The van der Waals surface area contributed by atoms with E-state index >= 15 is 0 Å². The Morgan fingerprint density at radius 2 is 1.90 bits per heavy atom. The van der Waals surface area contributed by atoms with E-state index in [0.29, 0.717) is 28.6 Å². The summed E-state index contributed by atoms with van der Waals surface area (Å²) in [5.41, 5.74) is 2.88. The Morgan fingerprint density at radius 1 is 1.13 bits per heavy atom. The van der Waals surface area contributed by atoms with Gasteiger partial charge in [-0.2, -0.15) is 9.78 Å². The summed E-state index contributed by atoms with van der Waals surface area (Å²) in [4.78, 5) is 17.7. The van der Waals surface area contributed by atoms with E-state index < -0.39 is 0 Å². The van der Waals surface area contributed by atoms with E-state index in [1.54, 1.807) is 18.6 Å². The lowest BCUT2D eigenvalue weighted by atomic mass is 10.1. The molecule has 30 heavy (non-hydrogen) atoms.